The highest BCUT2D eigenvalue weighted by Crippen LogP contribution is 2.24. The summed E-state index contributed by atoms with van der Waals surface area (Å²) in [5.74, 6) is 0. The Bertz CT molecular complexity index is 49.5. The molecule has 0 amide bonds. The van der Waals surface area contributed by atoms with E-state index in [1.165, 1.54) is 0 Å². The number of rotatable bonds is 2. The zero-order chi connectivity index (χ0) is 4.99. The Balaban J connectivity index is 2.83. The third-order valence-electron chi connectivity index (χ3n) is 0.119. The predicted octanol–water partition coefficient (Wildman–Crippen LogP) is 0.153. The van der Waals surface area contributed by atoms with E-state index in [2.05, 4.69) is 4.31 Å². The molecule has 6 heavy (non-hydrogen) atoms. The van der Waals surface area contributed by atoms with Gasteiger partial charge in [-0.15, -0.1) is 4.89 Å². The van der Waals surface area contributed by atoms with E-state index in [-0.39, 0.29) is 0 Å². The van der Waals surface area contributed by atoms with Gasteiger partial charge < -0.3 is 4.89 Å². The Kier molecular flexibility index (Phi) is 3.84. The second-order valence-electron chi connectivity index (χ2n) is 0.420. The molecule has 2 N–H and O–H groups in total. The maximum absolute atomic E-state index is 9.37. The maximum atomic E-state index is 9.37. The first-order chi connectivity index (χ1) is 2.77. The topological polar surface area (TPSA) is 66.8 Å². The lowest BCUT2D eigenvalue weighted by molar-refractivity contribution is 0.411. The van der Waals surface area contributed by atoms with Crippen LogP contribution in [0.1, 0.15) is 0 Å². The van der Waals surface area contributed by atoms with Crippen LogP contribution in [0.15, 0.2) is 0 Å². The summed E-state index contributed by atoms with van der Waals surface area (Å²) in [5.41, 5.74) is 0. The molecular weight excluding hydrogens is 126 g/mol. The third-order valence-corrected chi connectivity index (χ3v) is 1.07. The summed E-state index contributed by atoms with van der Waals surface area (Å²) in [6.07, 6.45) is 0. The van der Waals surface area contributed by atoms with Gasteiger partial charge in [0.2, 0.25) is 9.03 Å². The van der Waals surface area contributed by atoms with Crippen LogP contribution in [-0.2, 0) is 8.88 Å². The lowest BCUT2D eigenvalue weighted by atomic mass is 15.8. The molecule has 2 unspecified atom stereocenters. The standard InChI is InChI=1S/H2O4P2/c1-5-4-6(2)3/h1,5H/p+1. The van der Waals surface area contributed by atoms with E-state index in [1.807, 2.05) is 0 Å². The average molecular weight is 129 g/mol. The van der Waals surface area contributed by atoms with Gasteiger partial charge in [-0.1, -0.05) is 4.31 Å². The van der Waals surface area contributed by atoms with Crippen LogP contribution in [0.3, 0.4) is 0 Å². The van der Waals surface area contributed by atoms with Gasteiger partial charge in [0.05, 0.1) is 0 Å². The molecular formula is H3O4P2+. The quantitative estimate of drug-likeness (QED) is 0.521. The number of hydrogen-bond acceptors (Lipinski definition) is 3. The van der Waals surface area contributed by atoms with E-state index < -0.39 is 17.3 Å². The second-order valence-corrected chi connectivity index (χ2v) is 1.81. The van der Waals surface area contributed by atoms with E-state index >= 15 is 0 Å². The van der Waals surface area contributed by atoms with E-state index in [0.29, 0.717) is 0 Å². The fraction of sp³-hybridized carbons (Fsp3) is 0. The van der Waals surface area contributed by atoms with Gasteiger partial charge in [0, 0.05) is 4.57 Å². The zero-order valence-electron chi connectivity index (χ0n) is 2.66. The highest BCUT2D eigenvalue weighted by atomic mass is 31.2. The van der Waals surface area contributed by atoms with Crippen molar-refractivity contribution in [1.29, 1.82) is 0 Å². The van der Waals surface area contributed by atoms with Crippen LogP contribution in [0.4, 0.5) is 0 Å². The van der Waals surface area contributed by atoms with Crippen LogP contribution in [0.25, 0.3) is 0 Å². The van der Waals surface area contributed by atoms with Gasteiger partial charge in [-0.3, -0.25) is 0 Å². The summed E-state index contributed by atoms with van der Waals surface area (Å²) < 4.78 is 13.1. The summed E-state index contributed by atoms with van der Waals surface area (Å²) in [5, 5.41) is 0. The monoisotopic (exact) mass is 129 g/mol. The van der Waals surface area contributed by atoms with Crippen molar-refractivity contribution < 1.29 is 18.7 Å². The molecule has 0 radical (unpaired) electrons. The zero-order valence-corrected chi connectivity index (χ0v) is 4.55. The van der Waals surface area contributed by atoms with Crippen molar-refractivity contribution in [3.63, 3.8) is 0 Å². The molecule has 36 valence electrons. The first kappa shape index (κ1) is 6.41. The molecule has 0 aromatic heterocycles. The van der Waals surface area contributed by atoms with E-state index in [9.17, 15) is 4.57 Å². The maximum Gasteiger partial charge on any atom is 0.700 e. The lowest BCUT2D eigenvalue weighted by Crippen LogP contribution is -1.52. The minimum Gasteiger partial charge on any atom is -0.349 e. The van der Waals surface area contributed by atoms with Crippen LogP contribution in [0, 0.1) is 0 Å². The van der Waals surface area contributed by atoms with Gasteiger partial charge in [-0.25, -0.2) is 0 Å². The Morgan fingerprint density at radius 3 is 2.33 bits per heavy atom. The molecule has 0 spiro atoms. The fourth-order valence-corrected chi connectivity index (χ4v) is 0.314. The lowest BCUT2D eigenvalue weighted by Gasteiger charge is -1.67. The molecule has 0 aliphatic rings. The summed E-state index contributed by atoms with van der Waals surface area (Å²) in [4.78, 5) is 15.4. The molecule has 0 rings (SSSR count). The highest BCUT2D eigenvalue weighted by molar-refractivity contribution is 7.43. The second kappa shape index (κ2) is 3.59. The van der Waals surface area contributed by atoms with Crippen molar-refractivity contribution in [1.82, 2.24) is 0 Å². The van der Waals surface area contributed by atoms with Crippen LogP contribution in [-0.4, -0.2) is 9.79 Å². The first-order valence-electron chi connectivity index (χ1n) is 0.993. The van der Waals surface area contributed by atoms with Gasteiger partial charge in [0.25, 0.3) is 0 Å². The minimum absolute atomic E-state index is 0.896. The Labute approximate surface area is 37.0 Å². The molecule has 0 aromatic carbocycles. The van der Waals surface area contributed by atoms with E-state index in [4.69, 9.17) is 9.79 Å². The van der Waals surface area contributed by atoms with Gasteiger partial charge >= 0.3 is 8.25 Å². The molecule has 6 heteroatoms. The molecule has 0 saturated heterocycles. The van der Waals surface area contributed by atoms with Crippen molar-refractivity contribution in [2.24, 2.45) is 0 Å². The first-order valence-corrected chi connectivity index (χ1v) is 2.98. The van der Waals surface area contributed by atoms with Crippen molar-refractivity contribution in [3.8, 4) is 0 Å². The van der Waals surface area contributed by atoms with Crippen molar-refractivity contribution in [2.75, 3.05) is 0 Å². The molecule has 2 atom stereocenters. The molecule has 0 aliphatic carbocycles. The van der Waals surface area contributed by atoms with Crippen LogP contribution < -0.4 is 0 Å². The normalized spacial score (nSPS) is 13.3. The summed E-state index contributed by atoms with van der Waals surface area (Å²) in [6, 6.07) is 0. The summed E-state index contributed by atoms with van der Waals surface area (Å²) in [6.45, 7) is 0. The third kappa shape index (κ3) is 4.41. The van der Waals surface area contributed by atoms with Crippen LogP contribution in [0.5, 0.6) is 0 Å². The van der Waals surface area contributed by atoms with E-state index in [0.717, 1.165) is 0 Å². The van der Waals surface area contributed by atoms with Crippen molar-refractivity contribution in [2.45, 2.75) is 0 Å². The van der Waals surface area contributed by atoms with Crippen LogP contribution >= 0.6 is 17.3 Å². The van der Waals surface area contributed by atoms with Crippen molar-refractivity contribution >= 4 is 17.3 Å². The smallest absolute Gasteiger partial charge is 0.349 e. The van der Waals surface area contributed by atoms with E-state index in [1.54, 1.807) is 0 Å². The van der Waals surface area contributed by atoms with Gasteiger partial charge in [-0.2, -0.15) is 0 Å². The van der Waals surface area contributed by atoms with Crippen LogP contribution in [0.2, 0.25) is 0 Å². The molecule has 0 aromatic rings. The number of hydrogen-bond donors (Lipinski definition) is 2. The summed E-state index contributed by atoms with van der Waals surface area (Å²) >= 11 is 0. The molecule has 0 saturated carbocycles. The SMILES string of the molecule is O=[P+](O)OPO. The van der Waals surface area contributed by atoms with Crippen molar-refractivity contribution in [3.05, 3.63) is 0 Å². The van der Waals surface area contributed by atoms with Gasteiger partial charge in [0.15, 0.2) is 0 Å². The Hall–Kier alpha value is 0.410. The molecule has 0 bridgehead atoms. The molecule has 0 fully saturated rings. The largest absolute Gasteiger partial charge is 0.700 e. The minimum atomic E-state index is -2.59. The predicted molar refractivity (Wildman–Crippen MR) is 21.4 cm³/mol. The Morgan fingerprint density at radius 2 is 2.33 bits per heavy atom. The Morgan fingerprint density at radius 1 is 1.83 bits per heavy atom. The highest BCUT2D eigenvalue weighted by Gasteiger charge is 2.08. The summed E-state index contributed by atoms with van der Waals surface area (Å²) in [7, 11) is -3.48. The molecule has 0 heterocycles. The average Bonchev–Trinajstić information content (AvgIpc) is 1.35. The van der Waals surface area contributed by atoms with Gasteiger partial charge in [0.1, 0.15) is 0 Å². The fourth-order valence-electron chi connectivity index (χ4n) is 0.0349. The van der Waals surface area contributed by atoms with Gasteiger partial charge in [-0.05, 0) is 0 Å². The molecule has 4 nitrogen and oxygen atoms in total. The molecule has 0 aliphatic heterocycles.